The van der Waals surface area contributed by atoms with Crippen LogP contribution in [-0.2, 0) is 30.2 Å². The van der Waals surface area contributed by atoms with Gasteiger partial charge in [0.1, 0.15) is 4.90 Å². The van der Waals surface area contributed by atoms with Crippen molar-refractivity contribution >= 4 is 10.0 Å². The van der Waals surface area contributed by atoms with E-state index in [4.69, 9.17) is 5.73 Å². The average Bonchev–Trinajstić information content (AvgIpc) is 2.87. The highest BCUT2D eigenvalue weighted by Crippen LogP contribution is 2.20. The first-order valence-corrected chi connectivity index (χ1v) is 8.32. The quantitative estimate of drug-likeness (QED) is 0.883. The fourth-order valence-corrected chi connectivity index (χ4v) is 3.76. The standard InChI is InChI=1S/C15H21N3O2S/c1-3-18(11-13-7-5-4-6-8-13)21(19,20)15-9-14(10-16)17(2)12-15/h4-9,12H,3,10-11,16H2,1-2H3. The molecular formula is C15H21N3O2S. The molecule has 2 aromatic rings. The van der Waals surface area contributed by atoms with Crippen molar-refractivity contribution in [2.45, 2.75) is 24.9 Å². The van der Waals surface area contributed by atoms with Gasteiger partial charge >= 0.3 is 0 Å². The summed E-state index contributed by atoms with van der Waals surface area (Å²) in [6.45, 7) is 2.95. The van der Waals surface area contributed by atoms with Gasteiger partial charge in [0.25, 0.3) is 0 Å². The van der Waals surface area contributed by atoms with Crippen LogP contribution in [0.25, 0.3) is 0 Å². The first-order chi connectivity index (χ1) is 9.98. The van der Waals surface area contributed by atoms with Gasteiger partial charge in [-0.05, 0) is 11.6 Å². The molecule has 0 aliphatic carbocycles. The molecule has 1 aromatic carbocycles. The molecule has 0 saturated heterocycles. The maximum atomic E-state index is 12.7. The van der Waals surface area contributed by atoms with E-state index >= 15 is 0 Å². The Hall–Kier alpha value is -1.63. The van der Waals surface area contributed by atoms with Crippen molar-refractivity contribution in [3.63, 3.8) is 0 Å². The van der Waals surface area contributed by atoms with Crippen LogP contribution in [0.3, 0.4) is 0 Å². The van der Waals surface area contributed by atoms with Crippen molar-refractivity contribution in [3.05, 3.63) is 53.9 Å². The molecule has 0 unspecified atom stereocenters. The average molecular weight is 307 g/mol. The summed E-state index contributed by atoms with van der Waals surface area (Å²) in [5, 5.41) is 0. The van der Waals surface area contributed by atoms with Crippen LogP contribution in [0, 0.1) is 0 Å². The van der Waals surface area contributed by atoms with Gasteiger partial charge in [0, 0.05) is 38.6 Å². The fraction of sp³-hybridized carbons (Fsp3) is 0.333. The smallest absolute Gasteiger partial charge is 0.244 e. The highest BCUT2D eigenvalue weighted by molar-refractivity contribution is 7.89. The highest BCUT2D eigenvalue weighted by Gasteiger charge is 2.25. The van der Waals surface area contributed by atoms with Gasteiger partial charge in [-0.2, -0.15) is 4.31 Å². The Balaban J connectivity index is 2.31. The van der Waals surface area contributed by atoms with Gasteiger partial charge in [-0.1, -0.05) is 37.3 Å². The molecule has 0 bridgehead atoms. The van der Waals surface area contributed by atoms with E-state index in [2.05, 4.69) is 0 Å². The number of benzene rings is 1. The zero-order chi connectivity index (χ0) is 15.5. The Morgan fingerprint density at radius 2 is 1.90 bits per heavy atom. The van der Waals surface area contributed by atoms with E-state index in [9.17, 15) is 8.42 Å². The largest absolute Gasteiger partial charge is 0.352 e. The molecular weight excluding hydrogens is 286 g/mol. The van der Waals surface area contributed by atoms with Crippen molar-refractivity contribution < 1.29 is 8.42 Å². The van der Waals surface area contributed by atoms with Gasteiger partial charge in [0.15, 0.2) is 0 Å². The SMILES string of the molecule is CCN(Cc1ccccc1)S(=O)(=O)c1cc(CN)n(C)c1. The summed E-state index contributed by atoms with van der Waals surface area (Å²) in [5.41, 5.74) is 7.38. The lowest BCUT2D eigenvalue weighted by Gasteiger charge is -2.19. The first-order valence-electron chi connectivity index (χ1n) is 6.88. The van der Waals surface area contributed by atoms with Gasteiger partial charge in [-0.3, -0.25) is 0 Å². The lowest BCUT2D eigenvalue weighted by atomic mass is 10.2. The number of nitrogens with two attached hydrogens (primary N) is 1. The second-order valence-corrected chi connectivity index (χ2v) is 6.84. The van der Waals surface area contributed by atoms with Crippen molar-refractivity contribution in [3.8, 4) is 0 Å². The second kappa shape index (κ2) is 6.43. The summed E-state index contributed by atoms with van der Waals surface area (Å²) >= 11 is 0. The minimum Gasteiger partial charge on any atom is -0.352 e. The lowest BCUT2D eigenvalue weighted by Crippen LogP contribution is -2.30. The van der Waals surface area contributed by atoms with E-state index in [0.717, 1.165) is 11.3 Å². The summed E-state index contributed by atoms with van der Waals surface area (Å²) in [6, 6.07) is 11.2. The van der Waals surface area contributed by atoms with Crippen LogP contribution in [0.4, 0.5) is 0 Å². The Morgan fingerprint density at radius 1 is 1.24 bits per heavy atom. The molecule has 21 heavy (non-hydrogen) atoms. The van der Waals surface area contributed by atoms with Crippen molar-refractivity contribution in [2.75, 3.05) is 6.54 Å². The van der Waals surface area contributed by atoms with E-state index in [-0.39, 0.29) is 0 Å². The Labute approximate surface area is 126 Å². The molecule has 0 aliphatic heterocycles. The maximum Gasteiger partial charge on any atom is 0.244 e. The molecule has 114 valence electrons. The lowest BCUT2D eigenvalue weighted by molar-refractivity contribution is 0.423. The fourth-order valence-electron chi connectivity index (χ4n) is 2.22. The number of nitrogens with zero attached hydrogens (tertiary/aromatic N) is 2. The van der Waals surface area contributed by atoms with E-state index < -0.39 is 10.0 Å². The summed E-state index contributed by atoms with van der Waals surface area (Å²) < 4.78 is 28.7. The third kappa shape index (κ3) is 3.34. The molecule has 1 heterocycles. The number of aromatic nitrogens is 1. The van der Waals surface area contributed by atoms with Crippen LogP contribution in [0.2, 0.25) is 0 Å². The Kier molecular flexibility index (Phi) is 4.82. The molecule has 0 aliphatic rings. The van der Waals surface area contributed by atoms with Crippen LogP contribution in [0.5, 0.6) is 0 Å². The van der Waals surface area contributed by atoms with E-state index in [1.165, 1.54) is 4.31 Å². The van der Waals surface area contributed by atoms with Crippen LogP contribution in [-0.4, -0.2) is 23.8 Å². The number of hydrogen-bond donors (Lipinski definition) is 1. The zero-order valence-electron chi connectivity index (χ0n) is 12.4. The van der Waals surface area contributed by atoms with Crippen LogP contribution < -0.4 is 5.73 Å². The van der Waals surface area contributed by atoms with Crippen LogP contribution in [0.1, 0.15) is 18.2 Å². The minimum absolute atomic E-state index is 0.295. The van der Waals surface area contributed by atoms with Gasteiger partial charge in [0.2, 0.25) is 10.0 Å². The van der Waals surface area contributed by atoms with Crippen LogP contribution in [0.15, 0.2) is 47.5 Å². The predicted molar refractivity (Wildman–Crippen MR) is 83.0 cm³/mol. The van der Waals surface area contributed by atoms with Crippen molar-refractivity contribution in [1.29, 1.82) is 0 Å². The summed E-state index contributed by atoms with van der Waals surface area (Å²) in [5.74, 6) is 0. The molecule has 0 amide bonds. The minimum atomic E-state index is -3.50. The van der Waals surface area contributed by atoms with E-state index in [1.807, 2.05) is 37.3 Å². The molecule has 2 rings (SSSR count). The predicted octanol–water partition coefficient (Wildman–Crippen LogP) is 1.69. The molecule has 0 atom stereocenters. The first kappa shape index (κ1) is 15.8. The highest BCUT2D eigenvalue weighted by atomic mass is 32.2. The summed E-state index contributed by atoms with van der Waals surface area (Å²) in [6.07, 6.45) is 1.62. The number of hydrogen-bond acceptors (Lipinski definition) is 3. The Bertz CT molecular complexity index is 693. The molecule has 1 aromatic heterocycles. The second-order valence-electron chi connectivity index (χ2n) is 4.90. The van der Waals surface area contributed by atoms with Gasteiger partial charge < -0.3 is 10.3 Å². The third-order valence-corrected chi connectivity index (χ3v) is 5.37. The maximum absolute atomic E-state index is 12.7. The number of aryl methyl sites for hydroxylation is 1. The van der Waals surface area contributed by atoms with Crippen molar-refractivity contribution in [2.24, 2.45) is 12.8 Å². The molecule has 2 N–H and O–H groups in total. The molecule has 0 saturated carbocycles. The van der Waals surface area contributed by atoms with Gasteiger partial charge in [-0.15, -0.1) is 0 Å². The van der Waals surface area contributed by atoms with Crippen molar-refractivity contribution in [1.82, 2.24) is 8.87 Å². The summed E-state index contributed by atoms with van der Waals surface area (Å²) in [4.78, 5) is 0.295. The van der Waals surface area contributed by atoms with Gasteiger partial charge in [0.05, 0.1) is 0 Å². The molecule has 0 fully saturated rings. The monoisotopic (exact) mass is 307 g/mol. The van der Waals surface area contributed by atoms with E-state index in [1.54, 1.807) is 23.9 Å². The number of sulfonamides is 1. The molecule has 5 nitrogen and oxygen atoms in total. The molecule has 0 spiro atoms. The normalized spacial score (nSPS) is 12.0. The van der Waals surface area contributed by atoms with E-state index in [0.29, 0.717) is 24.5 Å². The zero-order valence-corrected chi connectivity index (χ0v) is 13.2. The Morgan fingerprint density at radius 3 is 2.43 bits per heavy atom. The topological polar surface area (TPSA) is 68.3 Å². The third-order valence-electron chi connectivity index (χ3n) is 3.48. The van der Waals surface area contributed by atoms with Crippen LogP contribution >= 0.6 is 0 Å². The molecule has 6 heteroatoms. The summed E-state index contributed by atoms with van der Waals surface area (Å²) in [7, 11) is -1.70. The molecule has 0 radical (unpaired) electrons. The van der Waals surface area contributed by atoms with Gasteiger partial charge in [-0.25, -0.2) is 8.42 Å². The number of rotatable bonds is 6.